The molecule has 0 radical (unpaired) electrons. The van der Waals surface area contributed by atoms with Crippen LogP contribution in [0.25, 0.3) is 0 Å². The van der Waals surface area contributed by atoms with Gasteiger partial charge in [0.05, 0.1) is 0 Å². The van der Waals surface area contributed by atoms with E-state index >= 15 is 0 Å². The van der Waals surface area contributed by atoms with E-state index in [1.165, 1.54) is 0 Å². The van der Waals surface area contributed by atoms with E-state index in [9.17, 15) is 0 Å². The lowest BCUT2D eigenvalue weighted by Crippen LogP contribution is -1.93. The predicted molar refractivity (Wildman–Crippen MR) is 41.5 cm³/mol. The van der Waals surface area contributed by atoms with E-state index in [0.29, 0.717) is 5.82 Å². The fraction of sp³-hybridized carbons (Fsp3) is 0.167. The number of hydrogen-bond donors (Lipinski definition) is 0. The first-order valence-electron chi connectivity index (χ1n) is 2.75. The van der Waals surface area contributed by atoms with Gasteiger partial charge in [-0.15, -0.1) is 0 Å². The van der Waals surface area contributed by atoms with Crippen LogP contribution in [-0.2, 0) is 0 Å². The molecular weight excluding hydrogens is 185 g/mol. The van der Waals surface area contributed by atoms with Gasteiger partial charge in [0.15, 0.2) is 10.8 Å². The van der Waals surface area contributed by atoms with Crippen molar-refractivity contribution >= 4 is 23.2 Å². The molecule has 0 aliphatic carbocycles. The van der Waals surface area contributed by atoms with Crippen LogP contribution in [0.15, 0.2) is 0 Å². The standard InChI is InChI=1S/C6H3Cl2N3/c1-3-10-4(2-9)5(7)6(8)11-3/h1H3. The van der Waals surface area contributed by atoms with E-state index in [4.69, 9.17) is 28.5 Å². The molecule has 56 valence electrons. The van der Waals surface area contributed by atoms with Gasteiger partial charge >= 0.3 is 0 Å². The molecule has 0 saturated heterocycles. The highest BCUT2D eigenvalue weighted by Gasteiger charge is 2.07. The van der Waals surface area contributed by atoms with Gasteiger partial charge in [-0.1, -0.05) is 23.2 Å². The third-order valence-corrected chi connectivity index (χ3v) is 1.76. The van der Waals surface area contributed by atoms with Crippen LogP contribution >= 0.6 is 23.2 Å². The molecule has 0 saturated carbocycles. The summed E-state index contributed by atoms with van der Waals surface area (Å²) in [7, 11) is 0. The van der Waals surface area contributed by atoms with Gasteiger partial charge in [0.1, 0.15) is 16.9 Å². The zero-order valence-electron chi connectivity index (χ0n) is 5.60. The van der Waals surface area contributed by atoms with Crippen LogP contribution in [-0.4, -0.2) is 9.97 Å². The van der Waals surface area contributed by atoms with Crippen LogP contribution in [0.1, 0.15) is 11.5 Å². The summed E-state index contributed by atoms with van der Waals surface area (Å²) in [4.78, 5) is 7.52. The number of nitrogens with zero attached hydrogens (tertiary/aromatic N) is 3. The first-order chi connectivity index (χ1) is 5.15. The summed E-state index contributed by atoms with van der Waals surface area (Å²) in [5, 5.41) is 8.72. The largest absolute Gasteiger partial charge is 0.221 e. The second kappa shape index (κ2) is 3.04. The Hall–Kier alpha value is -0.850. The SMILES string of the molecule is Cc1nc(Cl)c(Cl)c(C#N)n1. The fourth-order valence-corrected chi connectivity index (χ4v) is 0.937. The number of rotatable bonds is 0. The second-order valence-electron chi connectivity index (χ2n) is 1.84. The average molecular weight is 188 g/mol. The van der Waals surface area contributed by atoms with Gasteiger partial charge < -0.3 is 0 Å². The number of nitriles is 1. The molecule has 0 aliphatic rings. The first-order valence-corrected chi connectivity index (χ1v) is 3.50. The third-order valence-electron chi connectivity index (χ3n) is 1.03. The summed E-state index contributed by atoms with van der Waals surface area (Å²) >= 11 is 11.1. The maximum atomic E-state index is 8.48. The van der Waals surface area contributed by atoms with Gasteiger partial charge in [-0.05, 0) is 6.92 Å². The minimum absolute atomic E-state index is 0.111. The summed E-state index contributed by atoms with van der Waals surface area (Å²) in [6.07, 6.45) is 0. The minimum atomic E-state index is 0.111. The second-order valence-corrected chi connectivity index (χ2v) is 2.57. The van der Waals surface area contributed by atoms with Crippen LogP contribution in [0.3, 0.4) is 0 Å². The molecule has 1 rings (SSSR count). The Morgan fingerprint density at radius 3 is 2.55 bits per heavy atom. The van der Waals surface area contributed by atoms with Crippen LogP contribution < -0.4 is 0 Å². The van der Waals surface area contributed by atoms with Crippen molar-refractivity contribution in [3.05, 3.63) is 21.7 Å². The van der Waals surface area contributed by atoms with E-state index in [2.05, 4.69) is 9.97 Å². The van der Waals surface area contributed by atoms with E-state index < -0.39 is 0 Å². The van der Waals surface area contributed by atoms with E-state index in [1.54, 1.807) is 6.92 Å². The van der Waals surface area contributed by atoms with Gasteiger partial charge in [-0.25, -0.2) is 9.97 Å². The molecule has 0 bridgehead atoms. The Balaban J connectivity index is 3.39. The van der Waals surface area contributed by atoms with Crippen molar-refractivity contribution in [2.45, 2.75) is 6.92 Å². The lowest BCUT2D eigenvalue weighted by Gasteiger charge is -1.96. The maximum absolute atomic E-state index is 8.48. The van der Waals surface area contributed by atoms with Crippen molar-refractivity contribution in [3.8, 4) is 6.07 Å². The normalized spacial score (nSPS) is 9.27. The number of aryl methyl sites for hydroxylation is 1. The van der Waals surface area contributed by atoms with Gasteiger partial charge in [-0.2, -0.15) is 5.26 Å². The molecule has 1 heterocycles. The molecule has 0 spiro atoms. The lowest BCUT2D eigenvalue weighted by molar-refractivity contribution is 1.04. The molecule has 0 N–H and O–H groups in total. The van der Waals surface area contributed by atoms with Crippen LogP contribution in [0.4, 0.5) is 0 Å². The molecule has 0 aliphatic heterocycles. The smallest absolute Gasteiger partial charge is 0.164 e. The summed E-state index contributed by atoms with van der Waals surface area (Å²) in [6, 6.07) is 1.81. The third kappa shape index (κ3) is 1.59. The molecule has 5 heteroatoms. The first kappa shape index (κ1) is 8.25. The summed E-state index contributed by atoms with van der Waals surface area (Å²) < 4.78 is 0. The highest BCUT2D eigenvalue weighted by molar-refractivity contribution is 6.41. The average Bonchev–Trinajstić information content (AvgIpc) is 1.96. The monoisotopic (exact) mass is 187 g/mol. The molecule has 3 nitrogen and oxygen atoms in total. The van der Waals surface area contributed by atoms with Crippen molar-refractivity contribution < 1.29 is 0 Å². The Bertz CT molecular complexity index is 329. The summed E-state index contributed by atoms with van der Waals surface area (Å²) in [5.41, 5.74) is 0.115. The van der Waals surface area contributed by atoms with Crippen molar-refractivity contribution in [2.75, 3.05) is 0 Å². The minimum Gasteiger partial charge on any atom is -0.221 e. The topological polar surface area (TPSA) is 49.6 Å². The quantitative estimate of drug-likeness (QED) is 0.584. The predicted octanol–water partition coefficient (Wildman–Crippen LogP) is 1.96. The molecule has 0 amide bonds. The summed E-state index contributed by atoms with van der Waals surface area (Å²) in [5.74, 6) is 0.441. The Kier molecular flexibility index (Phi) is 2.28. The molecular formula is C6H3Cl2N3. The maximum Gasteiger partial charge on any atom is 0.164 e. The van der Waals surface area contributed by atoms with Crippen molar-refractivity contribution in [1.82, 2.24) is 9.97 Å². The molecule has 11 heavy (non-hydrogen) atoms. The molecule has 0 atom stereocenters. The van der Waals surface area contributed by atoms with Crippen molar-refractivity contribution in [2.24, 2.45) is 0 Å². The highest BCUT2D eigenvalue weighted by Crippen LogP contribution is 2.21. The van der Waals surface area contributed by atoms with Crippen LogP contribution in [0.2, 0.25) is 10.2 Å². The summed E-state index contributed by atoms with van der Waals surface area (Å²) in [6.45, 7) is 1.64. The highest BCUT2D eigenvalue weighted by atomic mass is 35.5. The van der Waals surface area contributed by atoms with Crippen molar-refractivity contribution in [1.29, 1.82) is 5.26 Å². The molecule has 1 aromatic heterocycles. The zero-order chi connectivity index (χ0) is 8.43. The van der Waals surface area contributed by atoms with E-state index in [-0.39, 0.29) is 15.9 Å². The molecule has 0 aromatic carbocycles. The van der Waals surface area contributed by atoms with Crippen LogP contribution in [0.5, 0.6) is 0 Å². The lowest BCUT2D eigenvalue weighted by atomic mass is 10.4. The Morgan fingerprint density at radius 1 is 1.36 bits per heavy atom. The molecule has 0 unspecified atom stereocenters. The Morgan fingerprint density at radius 2 is 2.00 bits per heavy atom. The zero-order valence-corrected chi connectivity index (χ0v) is 7.11. The number of hydrogen-bond acceptors (Lipinski definition) is 3. The van der Waals surface area contributed by atoms with E-state index in [1.807, 2.05) is 6.07 Å². The van der Waals surface area contributed by atoms with Gasteiger partial charge in [0, 0.05) is 0 Å². The number of halogens is 2. The van der Waals surface area contributed by atoms with Gasteiger partial charge in [0.25, 0.3) is 0 Å². The Labute approximate surface area is 73.6 Å². The number of aromatic nitrogens is 2. The molecule has 0 fully saturated rings. The van der Waals surface area contributed by atoms with Gasteiger partial charge in [0.2, 0.25) is 0 Å². The fourth-order valence-electron chi connectivity index (χ4n) is 0.599. The van der Waals surface area contributed by atoms with Crippen molar-refractivity contribution in [3.63, 3.8) is 0 Å². The molecule has 1 aromatic rings. The van der Waals surface area contributed by atoms with Gasteiger partial charge in [-0.3, -0.25) is 0 Å². The van der Waals surface area contributed by atoms with Crippen LogP contribution in [0, 0.1) is 18.3 Å². The van der Waals surface area contributed by atoms with E-state index in [0.717, 1.165) is 0 Å².